The van der Waals surface area contributed by atoms with E-state index in [1.54, 1.807) is 4.67 Å². The quantitative estimate of drug-likeness (QED) is 0.558. The van der Waals surface area contributed by atoms with Crippen LogP contribution in [0.3, 0.4) is 0 Å². The fourth-order valence-electron chi connectivity index (χ4n) is 0.540. The Morgan fingerprint density at radius 1 is 1.09 bits per heavy atom. The summed E-state index contributed by atoms with van der Waals surface area (Å²) < 4.78 is 1.74. The van der Waals surface area contributed by atoms with E-state index in [2.05, 4.69) is 0 Å². The number of hydrogen-bond acceptors (Lipinski definition) is 1. The second-order valence-corrected chi connectivity index (χ2v) is 10.2. The van der Waals surface area contributed by atoms with Crippen LogP contribution >= 0.6 is 50.6 Å². The van der Waals surface area contributed by atoms with E-state index < -0.39 is 4.89 Å². The van der Waals surface area contributed by atoms with Gasteiger partial charge in [0.05, 0.1) is 0 Å². The molecule has 11 heavy (non-hydrogen) atoms. The van der Waals surface area contributed by atoms with Crippen molar-refractivity contribution in [3.8, 4) is 0 Å². The first-order chi connectivity index (χ1) is 5.02. The molecule has 0 aliphatic carbocycles. The minimum Gasteiger partial charge on any atom is -0.249 e. The van der Waals surface area contributed by atoms with Crippen LogP contribution in [-0.2, 0) is 11.8 Å². The summed E-state index contributed by atoms with van der Waals surface area (Å²) in [5.41, 5.74) is 0. The van der Waals surface area contributed by atoms with Crippen molar-refractivity contribution in [2.24, 2.45) is 0 Å². The minimum atomic E-state index is -2.37. The van der Waals surface area contributed by atoms with Crippen molar-refractivity contribution in [3.05, 3.63) is 0 Å². The van der Waals surface area contributed by atoms with Crippen LogP contribution in [0.4, 0.5) is 0 Å². The molecule has 0 amide bonds. The van der Waals surface area contributed by atoms with E-state index in [-0.39, 0.29) is 0 Å². The summed E-state index contributed by atoms with van der Waals surface area (Å²) in [6.45, 7) is 1.19. The average molecular weight is 275 g/mol. The molecule has 0 radical (unpaired) electrons. The second-order valence-electron chi connectivity index (χ2n) is 1.77. The summed E-state index contributed by atoms with van der Waals surface area (Å²) in [6.07, 6.45) is 0. The Morgan fingerprint density at radius 2 is 1.45 bits per heavy atom. The molecule has 0 unspecified atom stereocenters. The van der Waals surface area contributed by atoms with E-state index in [0.717, 1.165) is 0 Å². The van der Waals surface area contributed by atoms with Gasteiger partial charge in [-0.15, -0.1) is 23.2 Å². The van der Waals surface area contributed by atoms with E-state index in [9.17, 15) is 0 Å². The molecule has 0 atom stereocenters. The zero-order valence-corrected chi connectivity index (χ0v) is 10.4. The molecule has 0 bridgehead atoms. The molecule has 0 saturated heterocycles. The van der Waals surface area contributed by atoms with Crippen molar-refractivity contribution in [3.63, 3.8) is 0 Å². The number of alkyl halides is 2. The van der Waals surface area contributed by atoms with Crippen LogP contribution in [0.5, 0.6) is 0 Å². The molecular weight excluding hydrogens is 267 g/mol. The smallest absolute Gasteiger partial charge is 0.183 e. The van der Waals surface area contributed by atoms with Gasteiger partial charge in [0.2, 0.25) is 0 Å². The van der Waals surface area contributed by atoms with Crippen molar-refractivity contribution in [1.29, 1.82) is 0 Å². The third kappa shape index (κ3) is 5.93. The second kappa shape index (κ2) is 6.26. The van der Waals surface area contributed by atoms with E-state index >= 15 is 0 Å². The van der Waals surface area contributed by atoms with Crippen molar-refractivity contribution in [2.75, 3.05) is 24.8 Å². The van der Waals surface area contributed by atoms with Gasteiger partial charge in [-0.05, 0) is 11.8 Å². The molecule has 68 valence electrons. The van der Waals surface area contributed by atoms with E-state index in [4.69, 9.17) is 57.5 Å². The third-order valence-corrected chi connectivity index (χ3v) is 4.39. The van der Waals surface area contributed by atoms with Gasteiger partial charge in [-0.1, -0.05) is 22.5 Å². The SMILES string of the molecule is S=P(Cl)(Cl)N(CCCl)CCCl. The summed E-state index contributed by atoms with van der Waals surface area (Å²) in [6, 6.07) is 0. The van der Waals surface area contributed by atoms with Crippen LogP contribution in [0, 0.1) is 0 Å². The zero-order chi connectivity index (χ0) is 8.91. The molecule has 0 spiro atoms. The van der Waals surface area contributed by atoms with Gasteiger partial charge in [-0.2, -0.15) is 0 Å². The first kappa shape index (κ1) is 12.8. The third-order valence-electron chi connectivity index (χ3n) is 1.01. The van der Waals surface area contributed by atoms with Gasteiger partial charge in [0.15, 0.2) is 4.89 Å². The molecule has 0 aromatic carbocycles. The monoisotopic (exact) mass is 273 g/mol. The maximum atomic E-state index is 5.76. The van der Waals surface area contributed by atoms with Crippen LogP contribution in [0.25, 0.3) is 0 Å². The van der Waals surface area contributed by atoms with Crippen molar-refractivity contribution in [1.82, 2.24) is 4.67 Å². The minimum absolute atomic E-state index is 0.467. The normalized spacial score (nSPS) is 12.5. The molecule has 0 aromatic rings. The predicted octanol–water partition coefficient (Wildman–Crippen LogP) is 3.47. The maximum Gasteiger partial charge on any atom is 0.183 e. The van der Waals surface area contributed by atoms with Gasteiger partial charge >= 0.3 is 0 Å². The van der Waals surface area contributed by atoms with Crippen molar-refractivity contribution < 1.29 is 0 Å². The molecule has 1 nitrogen and oxygen atoms in total. The summed E-state index contributed by atoms with van der Waals surface area (Å²) in [5.74, 6) is 0.934. The Kier molecular flexibility index (Phi) is 7.27. The van der Waals surface area contributed by atoms with Gasteiger partial charge in [0, 0.05) is 24.8 Å². The Bertz CT molecular complexity index is 143. The molecule has 0 aromatic heterocycles. The largest absolute Gasteiger partial charge is 0.249 e. The lowest BCUT2D eigenvalue weighted by Gasteiger charge is -2.23. The van der Waals surface area contributed by atoms with Crippen molar-refractivity contribution >= 4 is 62.4 Å². The summed E-state index contributed by atoms with van der Waals surface area (Å²) in [4.78, 5) is -2.37. The Labute approximate surface area is 91.6 Å². The Morgan fingerprint density at radius 3 is 1.64 bits per heavy atom. The van der Waals surface area contributed by atoms with E-state index in [1.165, 1.54) is 0 Å². The van der Waals surface area contributed by atoms with E-state index in [0.29, 0.717) is 24.8 Å². The lowest BCUT2D eigenvalue weighted by atomic mass is 10.7. The molecule has 0 N–H and O–H groups in total. The average Bonchev–Trinajstić information content (AvgIpc) is 1.85. The van der Waals surface area contributed by atoms with Crippen LogP contribution in [-0.4, -0.2) is 29.5 Å². The lowest BCUT2D eigenvalue weighted by molar-refractivity contribution is 0.523. The predicted molar refractivity (Wildman–Crippen MR) is 59.0 cm³/mol. The Hall–Kier alpha value is 1.77. The molecule has 0 fully saturated rings. The summed E-state index contributed by atoms with van der Waals surface area (Å²) in [5, 5.41) is 0. The molecule has 0 saturated carbocycles. The van der Waals surface area contributed by atoms with Crippen molar-refractivity contribution in [2.45, 2.75) is 0 Å². The summed E-state index contributed by atoms with van der Waals surface area (Å²) >= 11 is 27.4. The number of nitrogens with zero attached hydrogens (tertiary/aromatic N) is 1. The number of halogens is 4. The highest BCUT2D eigenvalue weighted by atomic mass is 35.9. The number of hydrogen-bond donors (Lipinski definition) is 0. The maximum absolute atomic E-state index is 5.76. The number of rotatable bonds is 5. The highest BCUT2D eigenvalue weighted by Gasteiger charge is 2.18. The fourth-order valence-corrected chi connectivity index (χ4v) is 3.25. The zero-order valence-electron chi connectivity index (χ0n) is 5.64. The molecule has 7 heteroatoms. The molecule has 0 rings (SSSR count). The highest BCUT2D eigenvalue weighted by molar-refractivity contribution is 8.37. The van der Waals surface area contributed by atoms with Crippen LogP contribution in [0.1, 0.15) is 0 Å². The highest BCUT2D eigenvalue weighted by Crippen LogP contribution is 2.59. The molecule has 0 heterocycles. The van der Waals surface area contributed by atoms with Gasteiger partial charge in [-0.25, -0.2) is 4.67 Å². The molecule has 0 aliphatic heterocycles. The lowest BCUT2D eigenvalue weighted by Crippen LogP contribution is -2.21. The first-order valence-corrected chi connectivity index (χ1v) is 8.52. The summed E-state index contributed by atoms with van der Waals surface area (Å²) in [7, 11) is 0. The molecular formula is C4H8Cl4NPS. The fraction of sp³-hybridized carbons (Fsp3) is 1.00. The van der Waals surface area contributed by atoms with E-state index in [1.807, 2.05) is 0 Å². The molecule has 0 aliphatic rings. The first-order valence-electron chi connectivity index (χ1n) is 2.89. The van der Waals surface area contributed by atoms with Crippen LogP contribution in [0.15, 0.2) is 0 Å². The standard InChI is InChI=1S/C4H8Cl4NPS/c5-1-3-9(4-2-6)10(7,8)11/h1-4H2. The van der Waals surface area contributed by atoms with Crippen LogP contribution in [0.2, 0.25) is 0 Å². The van der Waals surface area contributed by atoms with Crippen LogP contribution < -0.4 is 0 Å². The Balaban J connectivity index is 3.99. The van der Waals surface area contributed by atoms with Gasteiger partial charge in [-0.3, -0.25) is 0 Å². The van der Waals surface area contributed by atoms with Gasteiger partial charge in [0.25, 0.3) is 0 Å². The van der Waals surface area contributed by atoms with Gasteiger partial charge < -0.3 is 0 Å². The van der Waals surface area contributed by atoms with Gasteiger partial charge in [0.1, 0.15) is 0 Å². The topological polar surface area (TPSA) is 3.24 Å².